The van der Waals surface area contributed by atoms with E-state index in [-0.39, 0.29) is 12.1 Å². The zero-order valence-corrected chi connectivity index (χ0v) is 10.8. The molecule has 112 valence electrons. The van der Waals surface area contributed by atoms with Crippen molar-refractivity contribution in [3.05, 3.63) is 33.3 Å². The van der Waals surface area contributed by atoms with Crippen LogP contribution in [-0.4, -0.2) is 16.2 Å². The van der Waals surface area contributed by atoms with E-state index in [1.54, 1.807) is 0 Å². The largest absolute Gasteiger partial charge is 0.479 e. The van der Waals surface area contributed by atoms with Crippen LogP contribution in [0.1, 0.15) is 22.8 Å². The molecule has 20 heavy (non-hydrogen) atoms. The van der Waals surface area contributed by atoms with Gasteiger partial charge in [0.25, 0.3) is 0 Å². The van der Waals surface area contributed by atoms with Gasteiger partial charge in [0.05, 0.1) is 11.1 Å². The van der Waals surface area contributed by atoms with E-state index in [0.29, 0.717) is 0 Å². The summed E-state index contributed by atoms with van der Waals surface area (Å²) in [5, 5.41) is 17.7. The number of hydrogen-bond donors (Lipinski definition) is 2. The molecule has 0 aromatic heterocycles. The fraction of sp³-hybridized carbons (Fsp3) is 0.300. The molecule has 2 N–H and O–H groups in total. The molecule has 3 nitrogen and oxygen atoms in total. The summed E-state index contributed by atoms with van der Waals surface area (Å²) in [5.41, 5.74) is -5.47. The van der Waals surface area contributed by atoms with E-state index in [2.05, 4.69) is 15.9 Å². The van der Waals surface area contributed by atoms with Gasteiger partial charge in [-0.1, -0.05) is 15.9 Å². The molecule has 0 spiro atoms. The minimum absolute atomic E-state index is 0.275. The molecule has 1 aromatic carbocycles. The number of aliphatic hydroxyl groups excluding tert-OH is 1. The summed E-state index contributed by atoms with van der Waals surface area (Å²) < 4.78 is 75.8. The minimum Gasteiger partial charge on any atom is -0.479 e. The lowest BCUT2D eigenvalue weighted by Gasteiger charge is -2.21. The van der Waals surface area contributed by atoms with Crippen LogP contribution in [0.25, 0.3) is 0 Å². The molecule has 0 aliphatic heterocycles. The van der Waals surface area contributed by atoms with Gasteiger partial charge < -0.3 is 10.2 Å². The highest BCUT2D eigenvalue weighted by Gasteiger charge is 2.44. The van der Waals surface area contributed by atoms with Crippen LogP contribution >= 0.6 is 15.9 Å². The molecule has 0 heterocycles. The van der Waals surface area contributed by atoms with Gasteiger partial charge in [-0.25, -0.2) is 4.79 Å². The third kappa shape index (κ3) is 3.42. The number of carboxylic acid groups (broad SMARTS) is 1. The second kappa shape index (κ2) is 5.24. The van der Waals surface area contributed by atoms with Crippen LogP contribution in [0.4, 0.5) is 26.3 Å². The molecule has 0 saturated heterocycles. The molecule has 0 aliphatic carbocycles. The van der Waals surface area contributed by atoms with E-state index in [4.69, 9.17) is 10.2 Å². The predicted molar refractivity (Wildman–Crippen MR) is 56.7 cm³/mol. The molecule has 0 radical (unpaired) electrons. The van der Waals surface area contributed by atoms with Gasteiger partial charge in [0.15, 0.2) is 6.10 Å². The molecular formula is C10H5BrF6O3. The average molecular weight is 367 g/mol. The van der Waals surface area contributed by atoms with Crippen molar-refractivity contribution in [2.24, 2.45) is 0 Å². The van der Waals surface area contributed by atoms with Gasteiger partial charge in [0.1, 0.15) is 0 Å². The lowest BCUT2D eigenvalue weighted by molar-refractivity contribution is -0.153. The van der Waals surface area contributed by atoms with Crippen LogP contribution < -0.4 is 0 Å². The zero-order chi connectivity index (χ0) is 15.9. The van der Waals surface area contributed by atoms with Gasteiger partial charge in [0.2, 0.25) is 0 Å². The standard InChI is InChI=1S/C10H5BrF6O3/c11-3-1-4(9(12,13)14)6(7(18)8(19)20)5(2-3)10(15,16)17/h1-2,7,18H,(H,19,20). The smallest absolute Gasteiger partial charge is 0.416 e. The summed E-state index contributed by atoms with van der Waals surface area (Å²) in [6.07, 6.45) is -13.5. The Hall–Kier alpha value is -1.29. The van der Waals surface area contributed by atoms with Gasteiger partial charge in [-0.2, -0.15) is 26.3 Å². The quantitative estimate of drug-likeness (QED) is 0.786. The third-order valence-corrected chi connectivity index (χ3v) is 2.72. The fourth-order valence-corrected chi connectivity index (χ4v) is 1.96. The summed E-state index contributed by atoms with van der Waals surface area (Å²) in [4.78, 5) is 10.5. The number of carboxylic acids is 1. The first-order valence-electron chi connectivity index (χ1n) is 4.74. The number of alkyl halides is 6. The van der Waals surface area contributed by atoms with E-state index >= 15 is 0 Å². The Morgan fingerprint density at radius 2 is 1.40 bits per heavy atom. The van der Waals surface area contributed by atoms with Crippen molar-refractivity contribution in [1.82, 2.24) is 0 Å². The summed E-state index contributed by atoms with van der Waals surface area (Å²) in [5.74, 6) is -2.22. The average Bonchev–Trinajstić information content (AvgIpc) is 2.24. The van der Waals surface area contributed by atoms with E-state index < -0.39 is 45.6 Å². The minimum atomic E-state index is -5.25. The topological polar surface area (TPSA) is 57.5 Å². The normalized spacial score (nSPS) is 14.2. The highest BCUT2D eigenvalue weighted by atomic mass is 79.9. The van der Waals surface area contributed by atoms with Crippen LogP contribution in [-0.2, 0) is 17.1 Å². The molecule has 0 aliphatic rings. The van der Waals surface area contributed by atoms with Gasteiger partial charge in [-0.15, -0.1) is 0 Å². The van der Waals surface area contributed by atoms with E-state index in [0.717, 1.165) is 0 Å². The van der Waals surface area contributed by atoms with Crippen LogP contribution in [0.15, 0.2) is 16.6 Å². The van der Waals surface area contributed by atoms with Crippen molar-refractivity contribution >= 4 is 21.9 Å². The first kappa shape index (κ1) is 16.8. The number of aliphatic hydroxyl groups is 1. The van der Waals surface area contributed by atoms with E-state index in [1.165, 1.54) is 0 Å². The summed E-state index contributed by atoms with van der Waals surface area (Å²) in [6, 6.07) is 0.549. The van der Waals surface area contributed by atoms with Crippen molar-refractivity contribution in [2.45, 2.75) is 18.5 Å². The van der Waals surface area contributed by atoms with Crippen LogP contribution in [0.5, 0.6) is 0 Å². The highest BCUT2D eigenvalue weighted by Crippen LogP contribution is 2.43. The molecule has 0 fully saturated rings. The first-order chi connectivity index (χ1) is 8.85. The molecule has 1 aromatic rings. The SMILES string of the molecule is O=C(O)C(O)c1c(C(F)(F)F)cc(Br)cc1C(F)(F)F. The zero-order valence-electron chi connectivity index (χ0n) is 9.18. The third-order valence-electron chi connectivity index (χ3n) is 2.26. The lowest BCUT2D eigenvalue weighted by Crippen LogP contribution is -2.23. The number of aliphatic carboxylic acids is 1. The van der Waals surface area contributed by atoms with E-state index in [9.17, 15) is 31.1 Å². The molecule has 0 bridgehead atoms. The number of benzene rings is 1. The molecular weight excluding hydrogens is 362 g/mol. The predicted octanol–water partition coefficient (Wildman–Crippen LogP) is 3.60. The Balaban J connectivity index is 3.77. The van der Waals surface area contributed by atoms with Gasteiger partial charge in [-0.3, -0.25) is 0 Å². The highest BCUT2D eigenvalue weighted by molar-refractivity contribution is 9.10. The Morgan fingerprint density at radius 1 is 1.05 bits per heavy atom. The van der Waals surface area contributed by atoms with Crippen molar-refractivity contribution in [3.8, 4) is 0 Å². The van der Waals surface area contributed by atoms with Crippen LogP contribution in [0, 0.1) is 0 Å². The maximum absolute atomic E-state index is 12.7. The first-order valence-corrected chi connectivity index (χ1v) is 5.53. The maximum atomic E-state index is 12.7. The molecule has 1 atom stereocenters. The van der Waals surface area contributed by atoms with Gasteiger partial charge >= 0.3 is 18.3 Å². The van der Waals surface area contributed by atoms with E-state index in [1.807, 2.05) is 0 Å². The van der Waals surface area contributed by atoms with Crippen LogP contribution in [0.3, 0.4) is 0 Å². The second-order valence-electron chi connectivity index (χ2n) is 3.65. The Labute approximate surface area is 116 Å². The summed E-state index contributed by atoms with van der Waals surface area (Å²) in [7, 11) is 0. The van der Waals surface area contributed by atoms with Crippen molar-refractivity contribution in [3.63, 3.8) is 0 Å². The molecule has 1 rings (SSSR count). The van der Waals surface area contributed by atoms with Crippen molar-refractivity contribution in [1.29, 1.82) is 0 Å². The molecule has 0 amide bonds. The Morgan fingerprint density at radius 3 is 1.65 bits per heavy atom. The maximum Gasteiger partial charge on any atom is 0.416 e. The van der Waals surface area contributed by atoms with Gasteiger partial charge in [0, 0.05) is 10.0 Å². The Bertz CT molecular complexity index is 502. The number of halogens is 7. The Kier molecular flexibility index (Phi) is 4.39. The van der Waals surface area contributed by atoms with Crippen LogP contribution in [0.2, 0.25) is 0 Å². The lowest BCUT2D eigenvalue weighted by atomic mass is 9.95. The second-order valence-corrected chi connectivity index (χ2v) is 4.57. The fourth-order valence-electron chi connectivity index (χ4n) is 1.51. The van der Waals surface area contributed by atoms with Crippen molar-refractivity contribution < 1.29 is 41.4 Å². The number of rotatable bonds is 2. The van der Waals surface area contributed by atoms with Gasteiger partial charge in [-0.05, 0) is 12.1 Å². The monoisotopic (exact) mass is 366 g/mol. The number of hydrogen-bond acceptors (Lipinski definition) is 2. The summed E-state index contributed by atoms with van der Waals surface area (Å²) in [6.45, 7) is 0. The van der Waals surface area contributed by atoms with Crippen molar-refractivity contribution in [2.75, 3.05) is 0 Å². The molecule has 10 heteroatoms. The molecule has 1 unspecified atom stereocenters. The molecule has 0 saturated carbocycles. The number of carbonyl (C=O) groups is 1. The summed E-state index contributed by atoms with van der Waals surface area (Å²) >= 11 is 2.49.